The lowest BCUT2D eigenvalue weighted by atomic mass is 9.64. The smallest absolute Gasteiger partial charge is 0.130 e. The molecule has 0 radical (unpaired) electrons. The summed E-state index contributed by atoms with van der Waals surface area (Å²) in [5, 5.41) is 7.01. The van der Waals surface area contributed by atoms with E-state index in [4.69, 9.17) is 4.42 Å². The van der Waals surface area contributed by atoms with E-state index in [0.717, 1.165) is 24.0 Å². The Morgan fingerprint density at radius 1 is 0.373 bits per heavy atom. The Morgan fingerprint density at radius 2 is 0.773 bits per heavy atom. The molecule has 6 aliphatic carbocycles. The fraction of sp³-hybridized carbons (Fsp3) is 0.480. The summed E-state index contributed by atoms with van der Waals surface area (Å²) >= 11 is 3.80. The molecule has 110 heavy (non-hydrogen) atoms. The van der Waals surface area contributed by atoms with Crippen molar-refractivity contribution in [3.8, 4) is 0 Å². The number of nitrogens with zero attached hydrogens (tertiary/aromatic N) is 7. The second-order valence-electron chi connectivity index (χ2n) is 37.1. The molecule has 4 aromatic heterocycles. The second-order valence-corrected chi connectivity index (χ2v) is 38.8. The lowest BCUT2D eigenvalue weighted by molar-refractivity contribution is 0.0966. The van der Waals surface area contributed by atoms with Gasteiger partial charge < -0.3 is 38.4 Å². The third kappa shape index (κ3) is 11.8. The lowest BCUT2D eigenvalue weighted by Crippen LogP contribution is -2.59. The van der Waals surface area contributed by atoms with Crippen molar-refractivity contribution in [3.05, 3.63) is 270 Å². The van der Waals surface area contributed by atoms with Gasteiger partial charge >= 0.3 is 0 Å². The van der Waals surface area contributed by atoms with Gasteiger partial charge in [0.25, 0.3) is 0 Å². The van der Waals surface area contributed by atoms with Crippen molar-refractivity contribution >= 4 is 56.8 Å². The van der Waals surface area contributed by atoms with Crippen molar-refractivity contribution in [3.63, 3.8) is 0 Å². The summed E-state index contributed by atoms with van der Waals surface area (Å²) in [6.07, 6.45) is 20.4. The first kappa shape index (κ1) is 74.8. The molecule has 10 fully saturated rings. The molecule has 14 unspecified atom stereocenters. The van der Waals surface area contributed by atoms with Gasteiger partial charge in [-0.2, -0.15) is 11.3 Å². The summed E-state index contributed by atoms with van der Waals surface area (Å²) in [5.74, 6) is 2.12. The Balaban J connectivity index is 0.0000000964. The van der Waals surface area contributed by atoms with E-state index in [-0.39, 0.29) is 5.41 Å². The van der Waals surface area contributed by atoms with E-state index in [2.05, 4.69) is 345 Å². The quantitative estimate of drug-likeness (QED) is 0.164. The summed E-state index contributed by atoms with van der Waals surface area (Å²) < 4.78 is 8.10. The SMILES string of the molecule is Cc1ccccc1N1C2CC(C)(c3ccn(C)c32)C1C.Cc1ccccc1N1C2CC(C)(c3ccoc32)C1C.Cc1ccccc1N1C2CC(C)(c3ccsc32)C1C.Cc1ccccc1N1C2CC(C)(c3cscc32)C1C.Cc1ccccc1N1C2CCC(C)(CC2)C1C.Cc1ccccc1N1C2CCC(CC2)C1C. The van der Waals surface area contributed by atoms with Crippen molar-refractivity contribution in [1.29, 1.82) is 0 Å². The first-order valence-electron chi connectivity index (χ1n) is 42.2. The third-order valence-corrected chi connectivity index (χ3v) is 33.4. The summed E-state index contributed by atoms with van der Waals surface area (Å²) in [7, 11) is 2.18. The minimum Gasteiger partial charge on any atom is -0.467 e. The predicted molar refractivity (Wildman–Crippen MR) is 466 cm³/mol. The fourth-order valence-corrected chi connectivity index (χ4v) is 26.5. The van der Waals surface area contributed by atoms with Crippen molar-refractivity contribution < 1.29 is 4.42 Å². The Labute approximate surface area is 667 Å². The molecule has 12 heterocycles. The van der Waals surface area contributed by atoms with Gasteiger partial charge in [0.2, 0.25) is 0 Å². The number of hydrogen-bond donors (Lipinski definition) is 0. The second kappa shape index (κ2) is 28.3. The molecule has 14 atom stereocenters. The fourth-order valence-electron chi connectivity index (χ4n) is 24.3. The van der Waals surface area contributed by atoms with Gasteiger partial charge in [0.05, 0.1) is 30.4 Å². The highest BCUT2D eigenvalue weighted by Crippen LogP contribution is 2.64. The molecule has 0 spiro atoms. The number of fused-ring (bicyclic) bond motifs is 26. The molecule has 14 aliphatic rings. The molecule has 2 saturated carbocycles. The van der Waals surface area contributed by atoms with Crippen LogP contribution >= 0.6 is 22.7 Å². The Kier molecular flexibility index (Phi) is 19.3. The number of anilines is 6. The number of aromatic nitrogens is 1. The van der Waals surface area contributed by atoms with Crippen LogP contribution in [0.15, 0.2) is 197 Å². The van der Waals surface area contributed by atoms with Crippen molar-refractivity contribution in [2.75, 3.05) is 29.4 Å². The van der Waals surface area contributed by atoms with Crippen LogP contribution in [0.4, 0.5) is 34.1 Å². The van der Waals surface area contributed by atoms with Crippen LogP contribution < -0.4 is 29.4 Å². The zero-order chi connectivity index (χ0) is 76.8. The lowest BCUT2D eigenvalue weighted by Gasteiger charge is -2.57. The van der Waals surface area contributed by atoms with Gasteiger partial charge in [-0.3, -0.25) is 0 Å². The zero-order valence-electron chi connectivity index (χ0n) is 69.3. The van der Waals surface area contributed by atoms with Crippen molar-refractivity contribution in [2.24, 2.45) is 18.4 Å². The van der Waals surface area contributed by atoms with Gasteiger partial charge in [0, 0.05) is 133 Å². The monoisotopic (exact) mass is 1500 g/mol. The number of rotatable bonds is 6. The Bertz CT molecular complexity index is 4730. The maximum Gasteiger partial charge on any atom is 0.130 e. The minimum atomic E-state index is 0.231. The van der Waals surface area contributed by atoms with E-state index in [1.165, 1.54) is 162 Å². The van der Waals surface area contributed by atoms with E-state index in [9.17, 15) is 0 Å². The van der Waals surface area contributed by atoms with E-state index >= 15 is 0 Å². The van der Waals surface area contributed by atoms with Gasteiger partial charge in [0.15, 0.2) is 0 Å². The number of thiophene rings is 2. The standard InChI is InChI=1S/C18H22N2.C17H19NO.2C17H19NS.C16H23N.C15H21N/c1-12-7-5-6-8-15(12)20-13(2)18(3)11-16(20)17-14(18)9-10-19(17)4;1-11-6-4-5-7-14(11)18-12(2)17(3)10-15(18)16-13(17)8-9-19-16;1-11-6-4-5-7-15(11)18-12(2)17(3)8-16(18)13-9-19-10-14(13)17;1-11-6-4-5-7-14(11)18-12(2)17(3)10-15(18)16-13(17)8-9-19-16;1-12-6-4-5-7-15(12)17-13(2)16(3)10-8-14(17)9-11-16;1-11-5-3-4-6-15(11)16-12(2)13-7-9-14(16)10-8-13/h5-10,13,16H,11H2,1-4H3;4-9,12,15H,10H2,1-3H3;4-7,9-10,12,16H,8H2,1-3H3;4-9,12,15H,10H2,1-3H3;4-7,13-14H,8-11H2,1-3H3;3-6,12-14H,7-10H2,1-2H3. The average molecular weight is 1500 g/mol. The van der Waals surface area contributed by atoms with Crippen molar-refractivity contribution in [1.82, 2.24) is 4.57 Å². The molecule has 0 amide bonds. The molecule has 12 bridgehead atoms. The highest BCUT2D eigenvalue weighted by Gasteiger charge is 2.61. The van der Waals surface area contributed by atoms with Crippen LogP contribution in [0.5, 0.6) is 0 Å². The predicted octanol–water partition coefficient (Wildman–Crippen LogP) is 25.4. The number of benzene rings is 6. The van der Waals surface area contributed by atoms with Crippen molar-refractivity contribution in [2.45, 2.75) is 289 Å². The molecule has 8 saturated heterocycles. The molecule has 10 heteroatoms. The molecule has 10 aromatic rings. The number of piperidine rings is 4. The van der Waals surface area contributed by atoms with Gasteiger partial charge in [-0.05, 0) is 298 Å². The van der Waals surface area contributed by atoms with E-state index in [1.54, 1.807) is 27.1 Å². The van der Waals surface area contributed by atoms with Gasteiger partial charge in [-0.15, -0.1) is 11.3 Å². The molecule has 6 aromatic carbocycles. The van der Waals surface area contributed by atoms with E-state index in [1.807, 2.05) is 28.9 Å². The average Bonchev–Trinajstić information content (AvgIpc) is 1.53. The van der Waals surface area contributed by atoms with Crippen LogP contribution in [-0.4, -0.2) is 52.9 Å². The summed E-state index contributed by atoms with van der Waals surface area (Å²) in [5.41, 5.74) is 28.0. The normalized spacial score (nSPS) is 32.5. The minimum absolute atomic E-state index is 0.231. The molecule has 0 N–H and O–H groups in total. The van der Waals surface area contributed by atoms with E-state index in [0.29, 0.717) is 76.0 Å². The maximum atomic E-state index is 5.77. The highest BCUT2D eigenvalue weighted by atomic mass is 32.1. The first-order valence-corrected chi connectivity index (χ1v) is 44.0. The molecule has 8 nitrogen and oxygen atoms in total. The molecule has 576 valence electrons. The molecular formula is C100H123N7OS2. The van der Waals surface area contributed by atoms with Crippen LogP contribution in [0.2, 0.25) is 0 Å². The maximum absolute atomic E-state index is 5.77. The molecule has 24 rings (SSSR count). The number of aryl methyl sites for hydroxylation is 7. The molecule has 8 aliphatic heterocycles. The number of furan rings is 1. The van der Waals surface area contributed by atoms with E-state index < -0.39 is 0 Å². The summed E-state index contributed by atoms with van der Waals surface area (Å²) in [6, 6.07) is 67.1. The molecular weight excluding hydrogens is 1380 g/mol. The third-order valence-electron chi connectivity index (χ3n) is 31.6. The van der Waals surface area contributed by atoms with Crippen LogP contribution in [0.3, 0.4) is 0 Å². The van der Waals surface area contributed by atoms with Gasteiger partial charge in [-0.1, -0.05) is 144 Å². The largest absolute Gasteiger partial charge is 0.467 e. The number of para-hydroxylation sites is 6. The van der Waals surface area contributed by atoms with Crippen LogP contribution in [0.25, 0.3) is 0 Å². The van der Waals surface area contributed by atoms with Crippen LogP contribution in [-0.2, 0) is 28.7 Å². The van der Waals surface area contributed by atoms with Gasteiger partial charge in [0.1, 0.15) is 5.76 Å². The summed E-state index contributed by atoms with van der Waals surface area (Å²) in [4.78, 5) is 17.5. The zero-order valence-corrected chi connectivity index (χ0v) is 71.0. The van der Waals surface area contributed by atoms with Gasteiger partial charge in [-0.25, -0.2) is 0 Å². The van der Waals surface area contributed by atoms with Crippen LogP contribution in [0, 0.1) is 52.9 Å². The topological polar surface area (TPSA) is 37.5 Å². The first-order chi connectivity index (χ1) is 52.8. The Morgan fingerprint density at radius 3 is 1.27 bits per heavy atom. The highest BCUT2D eigenvalue weighted by molar-refractivity contribution is 7.10. The number of hydrogen-bond acceptors (Lipinski definition) is 9. The van der Waals surface area contributed by atoms with Crippen LogP contribution in [0.1, 0.15) is 255 Å². The Hall–Kier alpha value is -7.92. The summed E-state index contributed by atoms with van der Waals surface area (Å²) in [6.45, 7) is 39.9.